The Morgan fingerprint density at radius 1 is 1.11 bits per heavy atom. The fourth-order valence-electron chi connectivity index (χ4n) is 1.74. The van der Waals surface area contributed by atoms with Crippen molar-refractivity contribution < 1.29 is 4.74 Å². The van der Waals surface area contributed by atoms with Gasteiger partial charge < -0.3 is 10.5 Å². The SMILES string of the molecule is Cc1cc(N)cc(Oc2ccc(CC#N)cc2)c1. The van der Waals surface area contributed by atoms with E-state index in [1.54, 1.807) is 6.07 Å². The van der Waals surface area contributed by atoms with Crippen molar-refractivity contribution in [1.29, 1.82) is 5.26 Å². The number of benzene rings is 2. The van der Waals surface area contributed by atoms with Gasteiger partial charge >= 0.3 is 0 Å². The number of hydrogen-bond acceptors (Lipinski definition) is 3. The molecule has 3 nitrogen and oxygen atoms in total. The van der Waals surface area contributed by atoms with Gasteiger partial charge in [-0.2, -0.15) is 5.26 Å². The number of nitrogens with two attached hydrogens (primary N) is 1. The molecule has 18 heavy (non-hydrogen) atoms. The second-order valence-electron chi connectivity index (χ2n) is 4.16. The number of anilines is 1. The number of nitrogens with zero attached hydrogens (tertiary/aromatic N) is 1. The number of hydrogen-bond donors (Lipinski definition) is 1. The van der Waals surface area contributed by atoms with Crippen LogP contribution in [0.4, 0.5) is 5.69 Å². The second-order valence-corrected chi connectivity index (χ2v) is 4.16. The third-order valence-corrected chi connectivity index (χ3v) is 2.52. The van der Waals surface area contributed by atoms with Crippen LogP contribution in [0.25, 0.3) is 0 Å². The Labute approximate surface area is 106 Å². The summed E-state index contributed by atoms with van der Waals surface area (Å²) in [7, 11) is 0. The molecule has 3 heteroatoms. The van der Waals surface area contributed by atoms with Crippen molar-refractivity contribution in [3.05, 3.63) is 53.6 Å². The third kappa shape index (κ3) is 3.02. The van der Waals surface area contributed by atoms with Crippen LogP contribution in [0.15, 0.2) is 42.5 Å². The van der Waals surface area contributed by atoms with Crippen molar-refractivity contribution in [2.45, 2.75) is 13.3 Å². The van der Waals surface area contributed by atoms with E-state index in [2.05, 4.69) is 6.07 Å². The van der Waals surface area contributed by atoms with E-state index in [9.17, 15) is 0 Å². The van der Waals surface area contributed by atoms with Crippen molar-refractivity contribution >= 4 is 5.69 Å². The van der Waals surface area contributed by atoms with Gasteiger partial charge in [-0.1, -0.05) is 12.1 Å². The van der Waals surface area contributed by atoms with E-state index in [0.29, 0.717) is 12.1 Å². The summed E-state index contributed by atoms with van der Waals surface area (Å²) in [5.74, 6) is 1.46. The zero-order chi connectivity index (χ0) is 13.0. The highest BCUT2D eigenvalue weighted by Crippen LogP contribution is 2.25. The molecule has 0 aromatic heterocycles. The monoisotopic (exact) mass is 238 g/mol. The molecule has 90 valence electrons. The van der Waals surface area contributed by atoms with Crippen molar-refractivity contribution in [2.24, 2.45) is 0 Å². The van der Waals surface area contributed by atoms with Crippen LogP contribution in [0.2, 0.25) is 0 Å². The fourth-order valence-corrected chi connectivity index (χ4v) is 1.74. The van der Waals surface area contributed by atoms with Gasteiger partial charge in [0.2, 0.25) is 0 Å². The average molecular weight is 238 g/mol. The molecular weight excluding hydrogens is 224 g/mol. The quantitative estimate of drug-likeness (QED) is 0.833. The van der Waals surface area contributed by atoms with Crippen LogP contribution in [0.5, 0.6) is 11.5 Å². The Kier molecular flexibility index (Phi) is 3.49. The minimum atomic E-state index is 0.414. The molecule has 2 aromatic carbocycles. The number of ether oxygens (including phenoxy) is 1. The third-order valence-electron chi connectivity index (χ3n) is 2.52. The summed E-state index contributed by atoms with van der Waals surface area (Å²) in [5.41, 5.74) is 8.49. The van der Waals surface area contributed by atoms with E-state index in [1.165, 1.54) is 0 Å². The Bertz CT molecular complexity index is 562. The highest BCUT2D eigenvalue weighted by atomic mass is 16.5. The smallest absolute Gasteiger partial charge is 0.129 e. The largest absolute Gasteiger partial charge is 0.457 e. The normalized spacial score (nSPS) is 9.78. The number of rotatable bonds is 3. The number of aryl methyl sites for hydroxylation is 1. The van der Waals surface area contributed by atoms with E-state index in [4.69, 9.17) is 15.7 Å². The van der Waals surface area contributed by atoms with E-state index in [-0.39, 0.29) is 0 Å². The topological polar surface area (TPSA) is 59.0 Å². The molecule has 0 heterocycles. The summed E-state index contributed by atoms with van der Waals surface area (Å²) >= 11 is 0. The molecule has 0 aliphatic heterocycles. The molecule has 0 bridgehead atoms. The second kappa shape index (κ2) is 5.24. The maximum atomic E-state index is 8.59. The molecule has 0 saturated heterocycles. The zero-order valence-electron chi connectivity index (χ0n) is 10.2. The van der Waals surface area contributed by atoms with E-state index >= 15 is 0 Å². The van der Waals surface area contributed by atoms with E-state index in [1.807, 2.05) is 43.3 Å². The van der Waals surface area contributed by atoms with Gasteiger partial charge in [-0.25, -0.2) is 0 Å². The Balaban J connectivity index is 2.16. The molecule has 0 fully saturated rings. The molecule has 0 aliphatic rings. The van der Waals surface area contributed by atoms with Crippen LogP contribution < -0.4 is 10.5 Å². The lowest BCUT2D eigenvalue weighted by Gasteiger charge is -2.08. The molecule has 0 saturated carbocycles. The molecule has 0 aliphatic carbocycles. The van der Waals surface area contributed by atoms with Gasteiger partial charge in [0.1, 0.15) is 11.5 Å². The summed E-state index contributed by atoms with van der Waals surface area (Å²) in [6, 6.07) is 15.2. The van der Waals surface area contributed by atoms with Gasteiger partial charge in [-0.05, 0) is 42.3 Å². The molecule has 0 radical (unpaired) electrons. The molecule has 0 amide bonds. The van der Waals surface area contributed by atoms with Crippen LogP contribution in [0.3, 0.4) is 0 Å². The zero-order valence-corrected chi connectivity index (χ0v) is 10.2. The summed E-state index contributed by atoms with van der Waals surface area (Å²) in [6.45, 7) is 1.97. The first-order valence-corrected chi connectivity index (χ1v) is 5.68. The number of nitriles is 1. The van der Waals surface area contributed by atoms with Gasteiger partial charge in [0.05, 0.1) is 12.5 Å². The molecule has 2 rings (SSSR count). The van der Waals surface area contributed by atoms with Gasteiger partial charge in [-0.3, -0.25) is 0 Å². The summed E-state index contributed by atoms with van der Waals surface area (Å²) < 4.78 is 5.71. The van der Waals surface area contributed by atoms with Crippen molar-refractivity contribution in [2.75, 3.05) is 5.73 Å². The molecular formula is C15H14N2O. The molecule has 0 unspecified atom stereocenters. The summed E-state index contributed by atoms with van der Waals surface area (Å²) in [5, 5.41) is 8.59. The lowest BCUT2D eigenvalue weighted by Crippen LogP contribution is -1.90. The average Bonchev–Trinajstić information content (AvgIpc) is 2.31. The maximum Gasteiger partial charge on any atom is 0.129 e. The van der Waals surface area contributed by atoms with Crippen LogP contribution in [0.1, 0.15) is 11.1 Å². The van der Waals surface area contributed by atoms with Gasteiger partial charge in [0.25, 0.3) is 0 Å². The van der Waals surface area contributed by atoms with E-state index in [0.717, 1.165) is 22.6 Å². The highest BCUT2D eigenvalue weighted by Gasteiger charge is 2.00. The molecule has 0 atom stereocenters. The van der Waals surface area contributed by atoms with E-state index < -0.39 is 0 Å². The van der Waals surface area contributed by atoms with Crippen LogP contribution >= 0.6 is 0 Å². The number of nitrogen functional groups attached to an aromatic ring is 1. The maximum absolute atomic E-state index is 8.59. The first-order valence-electron chi connectivity index (χ1n) is 5.68. The summed E-state index contributed by atoms with van der Waals surface area (Å²) in [4.78, 5) is 0. The Hall–Kier alpha value is -2.47. The van der Waals surface area contributed by atoms with Crippen molar-refractivity contribution in [3.8, 4) is 17.6 Å². The Morgan fingerprint density at radius 2 is 1.83 bits per heavy atom. The Morgan fingerprint density at radius 3 is 2.44 bits per heavy atom. The standard InChI is InChI=1S/C15H14N2O/c1-11-8-13(17)10-15(9-11)18-14-4-2-12(3-5-14)6-7-16/h2-5,8-10H,6,17H2,1H3. The van der Waals surface area contributed by atoms with Crippen LogP contribution in [-0.2, 0) is 6.42 Å². The lowest BCUT2D eigenvalue weighted by molar-refractivity contribution is 0.482. The van der Waals surface area contributed by atoms with Crippen molar-refractivity contribution in [3.63, 3.8) is 0 Å². The van der Waals surface area contributed by atoms with Crippen LogP contribution in [0, 0.1) is 18.3 Å². The fraction of sp³-hybridized carbons (Fsp3) is 0.133. The highest BCUT2D eigenvalue weighted by molar-refractivity contribution is 5.48. The minimum Gasteiger partial charge on any atom is -0.457 e. The predicted octanol–water partition coefficient (Wildman–Crippen LogP) is 3.44. The van der Waals surface area contributed by atoms with Crippen LogP contribution in [-0.4, -0.2) is 0 Å². The van der Waals surface area contributed by atoms with Crippen molar-refractivity contribution in [1.82, 2.24) is 0 Å². The molecule has 2 aromatic rings. The van der Waals surface area contributed by atoms with Gasteiger partial charge in [0.15, 0.2) is 0 Å². The predicted molar refractivity (Wildman–Crippen MR) is 71.4 cm³/mol. The summed E-state index contributed by atoms with van der Waals surface area (Å²) in [6.07, 6.45) is 0.414. The lowest BCUT2D eigenvalue weighted by atomic mass is 10.1. The first-order chi connectivity index (χ1) is 8.67. The van der Waals surface area contributed by atoms with Gasteiger partial charge in [-0.15, -0.1) is 0 Å². The molecule has 0 spiro atoms. The van der Waals surface area contributed by atoms with Gasteiger partial charge in [0, 0.05) is 11.8 Å². The minimum absolute atomic E-state index is 0.414. The molecule has 2 N–H and O–H groups in total. The first kappa shape index (κ1) is 12.0.